The maximum atomic E-state index is 11.7. The number of nitrogens with zero attached hydrogens (tertiary/aromatic N) is 2. The monoisotopic (exact) mass is 662 g/mol. The van der Waals surface area contributed by atoms with Gasteiger partial charge in [0.25, 0.3) is 0 Å². The van der Waals surface area contributed by atoms with Crippen LogP contribution in [0.2, 0.25) is 0 Å². The molecule has 7 aromatic rings. The van der Waals surface area contributed by atoms with Crippen LogP contribution in [0.3, 0.4) is 0 Å². The fourth-order valence-electron chi connectivity index (χ4n) is 5.47. The Morgan fingerprint density at radius 2 is 1.17 bits per heavy atom. The summed E-state index contributed by atoms with van der Waals surface area (Å²) >= 11 is 5.68. The van der Waals surface area contributed by atoms with Crippen molar-refractivity contribution < 1.29 is 45.3 Å². The maximum absolute atomic E-state index is 11.7. The average molecular weight is 663 g/mol. The molecule has 0 saturated carbocycles. The third kappa shape index (κ3) is 7.95. The molecule has 8 heteroatoms. The molecule has 0 unspecified atom stereocenters. The molecule has 7 rings (SSSR count). The van der Waals surface area contributed by atoms with Crippen molar-refractivity contribution in [3.8, 4) is 33.8 Å². The maximum Gasteiger partial charge on any atom is 1.00 e. The number of fused-ring (bicyclic) bond motifs is 2. The topological polar surface area (TPSA) is 61.3 Å². The predicted octanol–water partition coefficient (Wildman–Crippen LogP) is 6.84. The number of ether oxygens (including phenoxy) is 2. The Kier molecular flexibility index (Phi) is 10.7. The van der Waals surface area contributed by atoms with Crippen LogP contribution in [0.25, 0.3) is 44.1 Å². The van der Waals surface area contributed by atoms with Gasteiger partial charge in [-0.3, -0.25) is 4.79 Å². The van der Waals surface area contributed by atoms with Gasteiger partial charge in [0, 0.05) is 33.2 Å². The Hall–Kier alpha value is -3.98. The molecule has 3 heterocycles. The molecule has 0 amide bonds. The fraction of sp³-hybridized carbons (Fsp3) is 0.103. The zero-order valence-electron chi connectivity index (χ0n) is 26.9. The average Bonchev–Trinajstić information content (AvgIpc) is 3.53. The van der Waals surface area contributed by atoms with E-state index in [1.54, 1.807) is 11.3 Å². The Morgan fingerprint density at radius 1 is 0.660 bits per heavy atom. The molecule has 0 saturated heterocycles. The van der Waals surface area contributed by atoms with Crippen LogP contribution in [0.5, 0.6) is 11.5 Å². The molecule has 0 aliphatic carbocycles. The van der Waals surface area contributed by atoms with E-state index in [-0.39, 0.29) is 36.1 Å². The molecular formula is C39H31N2NaO3S2. The second-order valence-corrected chi connectivity index (χ2v) is 12.4. The van der Waals surface area contributed by atoms with Crippen LogP contribution in [0.1, 0.15) is 24.1 Å². The molecular weight excluding hydrogens is 632 g/mol. The molecule has 0 bridgehead atoms. The van der Waals surface area contributed by atoms with Crippen LogP contribution in [0.4, 0.5) is 0 Å². The number of pyridine rings is 2. The molecule has 0 N–H and O–H groups in total. The number of hydrogen-bond donors (Lipinski definition) is 1. The molecule has 0 spiro atoms. The minimum Gasteiger partial charge on any atom is -1.00 e. The van der Waals surface area contributed by atoms with E-state index in [1.165, 1.54) is 0 Å². The first kappa shape index (κ1) is 32.9. The van der Waals surface area contributed by atoms with Crippen LogP contribution < -0.4 is 39.0 Å². The van der Waals surface area contributed by atoms with Crippen LogP contribution >= 0.6 is 24.0 Å². The van der Waals surface area contributed by atoms with Gasteiger partial charge in [-0.05, 0) is 71.5 Å². The van der Waals surface area contributed by atoms with Crippen LogP contribution in [-0.4, -0.2) is 15.1 Å². The number of benzene rings is 4. The van der Waals surface area contributed by atoms with Crippen molar-refractivity contribution in [3.63, 3.8) is 0 Å². The first-order valence-corrected chi connectivity index (χ1v) is 16.4. The van der Waals surface area contributed by atoms with Gasteiger partial charge in [-0.15, -0.1) is 24.0 Å². The number of aryl methyl sites for hydroxylation is 1. The second kappa shape index (κ2) is 15.3. The summed E-state index contributed by atoms with van der Waals surface area (Å²) in [6.45, 7) is 0.773. The summed E-state index contributed by atoms with van der Waals surface area (Å²) < 4.78 is 12.2. The van der Waals surface area contributed by atoms with E-state index in [1.807, 2.05) is 72.8 Å². The molecule has 0 atom stereocenters. The molecule has 3 aromatic heterocycles. The molecule has 0 aliphatic heterocycles. The van der Waals surface area contributed by atoms with Crippen molar-refractivity contribution >= 4 is 50.9 Å². The number of hydrogen-bond acceptors (Lipinski definition) is 6. The molecule has 0 aliphatic rings. The molecule has 4 aromatic carbocycles. The van der Waals surface area contributed by atoms with E-state index < -0.39 is 0 Å². The van der Waals surface area contributed by atoms with Crippen molar-refractivity contribution in [2.45, 2.75) is 26.1 Å². The largest absolute Gasteiger partial charge is 1.00 e. The van der Waals surface area contributed by atoms with Crippen molar-refractivity contribution in [2.75, 3.05) is 0 Å². The van der Waals surface area contributed by atoms with E-state index in [0.717, 1.165) is 71.8 Å². The Balaban J connectivity index is 0.00000225. The molecule has 0 fully saturated rings. The number of carbonyl (C=O) groups is 1. The SMILES string of the molecule is O=C(S)CCc1scc(-c2ccc(OCc3ccc4ccccc4n3)cc2)c1-c1ccc(OCc2ccc3ccccc3n2)cc1.[H-].[Na+]. The first-order valence-electron chi connectivity index (χ1n) is 15.1. The van der Waals surface area contributed by atoms with Gasteiger partial charge in [-0.1, -0.05) is 72.8 Å². The molecule has 0 radical (unpaired) electrons. The summed E-state index contributed by atoms with van der Waals surface area (Å²) in [6.07, 6.45) is 1.01. The van der Waals surface area contributed by atoms with Crippen molar-refractivity contribution in [1.82, 2.24) is 9.97 Å². The van der Waals surface area contributed by atoms with Crippen molar-refractivity contribution in [3.05, 3.63) is 143 Å². The standard InChI is InChI=1S/C39H30N2O3S2.Na.H/c42-38(45)22-21-37-39(29-13-19-33(20-14-29)44-24-31-16-10-28-6-2-4-8-36(28)41-31)34(25-46-37)26-11-17-32(18-12-26)43-23-30-15-9-27-5-1-3-7-35(27)40-30;;/h1-20,25H,21-24H2,(H,42,45);;/q;+1;-1. The summed E-state index contributed by atoms with van der Waals surface area (Å²) in [7, 11) is 0. The predicted molar refractivity (Wildman–Crippen MR) is 191 cm³/mol. The zero-order chi connectivity index (χ0) is 31.3. The Morgan fingerprint density at radius 3 is 1.70 bits per heavy atom. The summed E-state index contributed by atoms with van der Waals surface area (Å²) in [6, 6.07) is 40.6. The summed E-state index contributed by atoms with van der Waals surface area (Å²) in [4.78, 5) is 22.3. The summed E-state index contributed by atoms with van der Waals surface area (Å²) in [5, 5.41) is 4.27. The summed E-state index contributed by atoms with van der Waals surface area (Å²) in [5.41, 5.74) is 8.05. The minimum absolute atomic E-state index is 0. The van der Waals surface area contributed by atoms with Crippen molar-refractivity contribution in [1.29, 1.82) is 0 Å². The van der Waals surface area contributed by atoms with E-state index in [9.17, 15) is 4.79 Å². The van der Waals surface area contributed by atoms with Crippen LogP contribution in [0.15, 0.2) is 127 Å². The van der Waals surface area contributed by atoms with Crippen LogP contribution in [0, 0.1) is 0 Å². The molecule has 47 heavy (non-hydrogen) atoms. The Bertz CT molecular complexity index is 2150. The number of thiol groups is 1. The summed E-state index contributed by atoms with van der Waals surface area (Å²) in [5.74, 6) is 1.55. The number of para-hydroxylation sites is 2. The fourth-order valence-corrected chi connectivity index (χ4v) is 6.66. The zero-order valence-corrected chi connectivity index (χ0v) is 29.6. The molecule has 5 nitrogen and oxygen atoms in total. The van der Waals surface area contributed by atoms with E-state index in [4.69, 9.17) is 19.4 Å². The van der Waals surface area contributed by atoms with E-state index in [2.05, 4.69) is 66.5 Å². The van der Waals surface area contributed by atoms with E-state index >= 15 is 0 Å². The number of aromatic nitrogens is 2. The third-order valence-electron chi connectivity index (χ3n) is 7.83. The molecule has 228 valence electrons. The van der Waals surface area contributed by atoms with Crippen molar-refractivity contribution in [2.24, 2.45) is 0 Å². The normalized spacial score (nSPS) is 10.9. The van der Waals surface area contributed by atoms with Gasteiger partial charge in [0.15, 0.2) is 5.12 Å². The van der Waals surface area contributed by atoms with Crippen LogP contribution in [-0.2, 0) is 24.4 Å². The number of rotatable bonds is 11. The number of carbonyl (C=O) groups excluding carboxylic acids is 1. The quantitative estimate of drug-likeness (QED) is 0.121. The second-order valence-electron chi connectivity index (χ2n) is 11.0. The smallest absolute Gasteiger partial charge is 1.00 e. The minimum atomic E-state index is -0.116. The Labute approximate surface area is 306 Å². The van der Waals surface area contributed by atoms with Gasteiger partial charge < -0.3 is 10.9 Å². The van der Waals surface area contributed by atoms with Gasteiger partial charge in [-0.2, -0.15) is 0 Å². The third-order valence-corrected chi connectivity index (χ3v) is 9.10. The van der Waals surface area contributed by atoms with Gasteiger partial charge in [-0.25, -0.2) is 9.97 Å². The first-order chi connectivity index (χ1) is 22.6. The number of thiophene rings is 1. The van der Waals surface area contributed by atoms with E-state index in [0.29, 0.717) is 26.1 Å². The van der Waals surface area contributed by atoms with Gasteiger partial charge >= 0.3 is 29.6 Å². The van der Waals surface area contributed by atoms with Gasteiger partial charge in [0.05, 0.1) is 22.4 Å². The van der Waals surface area contributed by atoms with Gasteiger partial charge in [0.1, 0.15) is 24.7 Å². The van der Waals surface area contributed by atoms with Gasteiger partial charge in [0.2, 0.25) is 0 Å².